The summed E-state index contributed by atoms with van der Waals surface area (Å²) in [5.41, 5.74) is 2.67. The molecule has 0 aliphatic carbocycles. The molecule has 34 heavy (non-hydrogen) atoms. The first-order valence-corrected chi connectivity index (χ1v) is 12.5. The molecule has 172 valence electrons. The van der Waals surface area contributed by atoms with E-state index in [4.69, 9.17) is 4.74 Å². The Morgan fingerprint density at radius 2 is 1.68 bits per heavy atom. The maximum Gasteiger partial charge on any atom is 0.335 e. The first-order chi connectivity index (χ1) is 16.2. The van der Waals surface area contributed by atoms with Crippen LogP contribution in [0.3, 0.4) is 0 Å². The molecule has 1 aliphatic heterocycles. The van der Waals surface area contributed by atoms with E-state index in [-0.39, 0.29) is 5.57 Å². The van der Waals surface area contributed by atoms with Crippen molar-refractivity contribution in [2.75, 3.05) is 4.90 Å². The molecule has 6 nitrogen and oxygen atoms in total. The molecule has 4 rings (SSSR count). The molecule has 1 saturated heterocycles. The van der Waals surface area contributed by atoms with Crippen molar-refractivity contribution in [1.82, 2.24) is 5.32 Å². The Morgan fingerprint density at radius 1 is 0.912 bits per heavy atom. The second kappa shape index (κ2) is 10.2. The summed E-state index contributed by atoms with van der Waals surface area (Å²) in [6, 6.07) is 17.3. The highest BCUT2D eigenvalue weighted by atomic mass is 79.9. The molecule has 0 saturated carbocycles. The Kier molecular flexibility index (Phi) is 7.35. The Balaban J connectivity index is 1.58. The fraction of sp³-hybridized carbons (Fsp3) is 0.0800. The number of hydrogen-bond acceptors (Lipinski definition) is 4. The number of anilines is 1. The second-order valence-corrected chi connectivity index (χ2v) is 10.0. The Hall–Kier alpha value is -2.75. The predicted octanol–water partition coefficient (Wildman–Crippen LogP) is 6.53. The Morgan fingerprint density at radius 3 is 2.38 bits per heavy atom. The fourth-order valence-electron chi connectivity index (χ4n) is 3.32. The lowest BCUT2D eigenvalue weighted by Crippen LogP contribution is -2.54. The van der Waals surface area contributed by atoms with Crippen molar-refractivity contribution in [3.63, 3.8) is 0 Å². The highest BCUT2D eigenvalue weighted by Crippen LogP contribution is 2.30. The average Bonchev–Trinajstić information content (AvgIpc) is 2.79. The number of imide groups is 2. The molecule has 3 aromatic rings. The van der Waals surface area contributed by atoms with Crippen molar-refractivity contribution in [2.24, 2.45) is 0 Å². The van der Waals surface area contributed by atoms with Gasteiger partial charge in [-0.2, -0.15) is 0 Å². The first-order valence-electron chi connectivity index (χ1n) is 10.1. The number of ether oxygens (including phenoxy) is 1. The zero-order chi connectivity index (χ0) is 24.4. The van der Waals surface area contributed by atoms with Crippen LogP contribution in [0.15, 0.2) is 79.7 Å². The summed E-state index contributed by atoms with van der Waals surface area (Å²) in [6.45, 7) is 2.21. The molecule has 0 unspecified atom stereocenters. The van der Waals surface area contributed by atoms with Crippen LogP contribution in [-0.2, 0) is 16.2 Å². The molecule has 4 amide bonds. The number of halogens is 3. The molecule has 3 aromatic carbocycles. The molecule has 0 aromatic heterocycles. The van der Waals surface area contributed by atoms with Gasteiger partial charge in [-0.05, 0) is 76.5 Å². The van der Waals surface area contributed by atoms with E-state index in [1.165, 1.54) is 6.08 Å². The number of rotatable bonds is 5. The lowest BCUT2D eigenvalue weighted by molar-refractivity contribution is -0.122. The molecular weight excluding hydrogens is 632 g/mol. The number of nitrogens with zero attached hydrogens (tertiary/aromatic N) is 1. The van der Waals surface area contributed by atoms with E-state index in [1.54, 1.807) is 36.4 Å². The van der Waals surface area contributed by atoms with Gasteiger partial charge in [0.1, 0.15) is 17.9 Å². The van der Waals surface area contributed by atoms with Gasteiger partial charge in [0.2, 0.25) is 0 Å². The number of urea groups is 1. The van der Waals surface area contributed by atoms with Crippen molar-refractivity contribution in [3.8, 4) is 5.75 Å². The minimum absolute atomic E-state index is 0.144. The van der Waals surface area contributed by atoms with Gasteiger partial charge in [0, 0.05) is 14.5 Å². The summed E-state index contributed by atoms with van der Waals surface area (Å²) in [4.78, 5) is 39.0. The zero-order valence-corrected chi connectivity index (χ0v) is 22.5. The summed E-state index contributed by atoms with van der Waals surface area (Å²) < 4.78 is 8.36. The van der Waals surface area contributed by atoms with E-state index < -0.39 is 17.8 Å². The predicted molar refractivity (Wildman–Crippen MR) is 140 cm³/mol. The average molecular weight is 649 g/mol. The van der Waals surface area contributed by atoms with Crippen LogP contribution in [0.25, 0.3) is 6.08 Å². The zero-order valence-electron chi connectivity index (χ0n) is 17.8. The quantitative estimate of drug-likeness (QED) is 0.252. The molecular formula is C25H17Br3N2O4. The lowest BCUT2D eigenvalue weighted by atomic mass is 10.1. The highest BCUT2D eigenvalue weighted by Gasteiger charge is 2.36. The molecule has 1 heterocycles. The largest absolute Gasteiger partial charge is 0.488 e. The van der Waals surface area contributed by atoms with E-state index >= 15 is 0 Å². The van der Waals surface area contributed by atoms with Gasteiger partial charge in [-0.25, -0.2) is 9.69 Å². The molecule has 1 aliphatic rings. The van der Waals surface area contributed by atoms with Gasteiger partial charge in [0.25, 0.3) is 11.8 Å². The summed E-state index contributed by atoms with van der Waals surface area (Å²) >= 11 is 10.4. The van der Waals surface area contributed by atoms with Crippen molar-refractivity contribution >= 4 is 77.4 Å². The van der Waals surface area contributed by atoms with E-state index in [0.29, 0.717) is 28.1 Å². The topological polar surface area (TPSA) is 75.7 Å². The molecule has 1 fully saturated rings. The Bertz CT molecular complexity index is 1350. The fourth-order valence-corrected chi connectivity index (χ4v) is 4.48. The summed E-state index contributed by atoms with van der Waals surface area (Å²) in [6.07, 6.45) is 1.45. The van der Waals surface area contributed by atoms with Gasteiger partial charge in [-0.3, -0.25) is 14.9 Å². The standard InChI is InChI=1S/C25H17Br3N2O4/c1-14-10-17(7-8-19(14)26)30-24(32)18(23(31)29-25(30)33)11-15-6-9-22(21(28)12-15)34-13-16-4-2-3-5-20(16)27/h2-12H,13H2,1H3,(H,29,31,33)/b18-11-. The minimum Gasteiger partial charge on any atom is -0.488 e. The molecule has 0 spiro atoms. The third-order valence-corrected chi connectivity index (χ3v) is 7.39. The van der Waals surface area contributed by atoms with E-state index in [2.05, 4.69) is 53.1 Å². The van der Waals surface area contributed by atoms with Crippen LogP contribution in [0.1, 0.15) is 16.7 Å². The van der Waals surface area contributed by atoms with Crippen LogP contribution in [-0.4, -0.2) is 17.8 Å². The molecule has 1 N–H and O–H groups in total. The van der Waals surface area contributed by atoms with Crippen LogP contribution in [0.5, 0.6) is 5.75 Å². The number of hydrogen-bond donors (Lipinski definition) is 1. The lowest BCUT2D eigenvalue weighted by Gasteiger charge is -2.26. The maximum atomic E-state index is 13.1. The number of carbonyl (C=O) groups is 3. The third-order valence-electron chi connectivity index (χ3n) is 5.11. The number of benzene rings is 3. The number of nitrogens with one attached hydrogen (secondary N) is 1. The molecule has 0 atom stereocenters. The number of aryl methyl sites for hydroxylation is 1. The van der Waals surface area contributed by atoms with Crippen molar-refractivity contribution in [2.45, 2.75) is 13.5 Å². The Labute approximate surface area is 221 Å². The summed E-state index contributed by atoms with van der Waals surface area (Å²) in [5, 5.41) is 2.24. The highest BCUT2D eigenvalue weighted by molar-refractivity contribution is 9.11. The molecule has 9 heteroatoms. The first kappa shape index (κ1) is 24.4. The van der Waals surface area contributed by atoms with Crippen molar-refractivity contribution < 1.29 is 19.1 Å². The van der Waals surface area contributed by atoms with E-state index in [0.717, 1.165) is 25.0 Å². The van der Waals surface area contributed by atoms with Gasteiger partial charge in [-0.1, -0.05) is 56.1 Å². The maximum absolute atomic E-state index is 13.1. The molecule has 0 bridgehead atoms. The minimum atomic E-state index is -0.786. The van der Waals surface area contributed by atoms with E-state index in [1.807, 2.05) is 31.2 Å². The summed E-state index contributed by atoms with van der Waals surface area (Å²) in [7, 11) is 0. The van der Waals surface area contributed by atoms with Crippen LogP contribution >= 0.6 is 47.8 Å². The third kappa shape index (κ3) is 5.16. The monoisotopic (exact) mass is 646 g/mol. The SMILES string of the molecule is Cc1cc(N2C(=O)NC(=O)/C(=C/c3ccc(OCc4ccccc4Br)c(Br)c3)C2=O)ccc1Br. The second-order valence-electron chi connectivity index (χ2n) is 7.46. The van der Waals surface area contributed by atoms with Crippen molar-refractivity contribution in [1.29, 1.82) is 0 Å². The van der Waals surface area contributed by atoms with Crippen molar-refractivity contribution in [3.05, 3.63) is 96.3 Å². The smallest absolute Gasteiger partial charge is 0.335 e. The van der Waals surface area contributed by atoms with Crippen LogP contribution in [0.2, 0.25) is 0 Å². The number of barbiturate groups is 1. The van der Waals surface area contributed by atoms with Gasteiger partial charge < -0.3 is 4.74 Å². The molecule has 0 radical (unpaired) electrons. The van der Waals surface area contributed by atoms with Gasteiger partial charge >= 0.3 is 6.03 Å². The summed E-state index contributed by atoms with van der Waals surface area (Å²) in [5.74, 6) is -0.828. The number of amides is 4. The van der Waals surface area contributed by atoms with Crippen LogP contribution in [0.4, 0.5) is 10.5 Å². The number of carbonyl (C=O) groups excluding carboxylic acids is 3. The van der Waals surface area contributed by atoms with Crippen LogP contribution < -0.4 is 15.0 Å². The normalized spacial score (nSPS) is 15.0. The van der Waals surface area contributed by atoms with Gasteiger partial charge in [0.15, 0.2) is 0 Å². The van der Waals surface area contributed by atoms with Gasteiger partial charge in [0.05, 0.1) is 10.2 Å². The van der Waals surface area contributed by atoms with Gasteiger partial charge in [-0.15, -0.1) is 0 Å². The van der Waals surface area contributed by atoms with E-state index in [9.17, 15) is 14.4 Å². The van der Waals surface area contributed by atoms with Crippen LogP contribution in [0, 0.1) is 6.92 Å².